The maximum absolute atomic E-state index is 13.8. The van der Waals surface area contributed by atoms with Crippen molar-refractivity contribution in [1.29, 1.82) is 5.41 Å². The fraction of sp³-hybridized carbons (Fsp3) is 0.0333. The smallest absolute Gasteiger partial charge is 0.225 e. The number of nitrogens with one attached hydrogen (secondary N) is 1. The van der Waals surface area contributed by atoms with Crippen LogP contribution in [0.3, 0.4) is 0 Å². The Balaban J connectivity index is 1.47. The zero-order valence-electron chi connectivity index (χ0n) is 20.3. The second-order valence-electron chi connectivity index (χ2n) is 8.72. The Bertz CT molecular complexity index is 1870. The van der Waals surface area contributed by atoms with E-state index in [0.29, 0.717) is 21.1 Å². The van der Waals surface area contributed by atoms with Gasteiger partial charge in [-0.25, -0.2) is 9.67 Å². The van der Waals surface area contributed by atoms with Gasteiger partial charge in [-0.3, -0.25) is 19.4 Å². The molecule has 6 aromatic rings. The quantitative estimate of drug-likeness (QED) is 0.297. The SMILES string of the molecule is Cc1c(C(=O)c2cc(C(=O)c3ccccc3)c(=N)n(-c3ccccc3)n2)sc2nc(-c3ccccc3)cn12. The normalized spacial score (nSPS) is 11.1. The van der Waals surface area contributed by atoms with Gasteiger partial charge in [-0.05, 0) is 25.1 Å². The van der Waals surface area contributed by atoms with Gasteiger partial charge in [0, 0.05) is 23.0 Å². The zero-order valence-corrected chi connectivity index (χ0v) is 21.1. The Morgan fingerprint density at radius 1 is 0.842 bits per heavy atom. The summed E-state index contributed by atoms with van der Waals surface area (Å²) < 4.78 is 3.24. The number of rotatable bonds is 6. The molecule has 6 rings (SSSR count). The number of fused-ring (bicyclic) bond motifs is 1. The number of para-hydroxylation sites is 1. The second-order valence-corrected chi connectivity index (χ2v) is 9.70. The summed E-state index contributed by atoms with van der Waals surface area (Å²) in [5.41, 5.74) is 3.67. The van der Waals surface area contributed by atoms with Crippen LogP contribution in [0.4, 0.5) is 0 Å². The van der Waals surface area contributed by atoms with Crippen molar-refractivity contribution in [2.45, 2.75) is 6.92 Å². The molecule has 38 heavy (non-hydrogen) atoms. The lowest BCUT2D eigenvalue weighted by molar-refractivity contribution is 0.103. The van der Waals surface area contributed by atoms with Gasteiger partial charge in [-0.1, -0.05) is 90.2 Å². The summed E-state index contributed by atoms with van der Waals surface area (Å²) in [7, 11) is 0. The number of carbonyl (C=O) groups excluding carboxylic acids is 2. The standard InChI is InChI=1S/C30H21N5O2S/c1-19-28(38-30-32-25(18-34(19)30)20-11-5-2-6-12-20)27(37)24-17-23(26(36)21-13-7-3-8-14-21)29(31)35(33-24)22-15-9-4-10-16-22/h2-18,31H,1H3. The number of aryl methyl sites for hydroxylation is 1. The molecule has 0 aliphatic heterocycles. The van der Waals surface area contributed by atoms with E-state index in [1.165, 1.54) is 22.1 Å². The van der Waals surface area contributed by atoms with Crippen LogP contribution in [0.15, 0.2) is 103 Å². The van der Waals surface area contributed by atoms with Crippen molar-refractivity contribution in [3.8, 4) is 16.9 Å². The molecule has 0 atom stereocenters. The van der Waals surface area contributed by atoms with Crippen LogP contribution in [0, 0.1) is 12.3 Å². The van der Waals surface area contributed by atoms with E-state index in [9.17, 15) is 9.59 Å². The highest BCUT2D eigenvalue weighted by Crippen LogP contribution is 2.28. The van der Waals surface area contributed by atoms with Crippen molar-refractivity contribution in [1.82, 2.24) is 19.2 Å². The molecule has 0 amide bonds. The molecule has 184 valence electrons. The van der Waals surface area contributed by atoms with Crippen LogP contribution in [0.25, 0.3) is 21.9 Å². The zero-order chi connectivity index (χ0) is 26.2. The third-order valence-electron chi connectivity index (χ3n) is 6.30. The van der Waals surface area contributed by atoms with Crippen LogP contribution in [0.5, 0.6) is 0 Å². The monoisotopic (exact) mass is 515 g/mol. The Morgan fingerprint density at radius 3 is 2.13 bits per heavy atom. The minimum absolute atomic E-state index is 0.0834. The first kappa shape index (κ1) is 23.4. The molecule has 0 aliphatic rings. The Morgan fingerprint density at radius 2 is 1.47 bits per heavy atom. The minimum atomic E-state index is -0.345. The van der Waals surface area contributed by atoms with E-state index in [-0.39, 0.29) is 28.3 Å². The molecule has 0 saturated heterocycles. The number of ketones is 2. The summed E-state index contributed by atoms with van der Waals surface area (Å²) in [6, 6.07) is 29.1. The molecule has 0 fully saturated rings. The second kappa shape index (κ2) is 9.49. The van der Waals surface area contributed by atoms with E-state index >= 15 is 0 Å². The van der Waals surface area contributed by atoms with Gasteiger partial charge in [0.25, 0.3) is 0 Å². The molecule has 0 unspecified atom stereocenters. The summed E-state index contributed by atoms with van der Waals surface area (Å²) >= 11 is 1.28. The van der Waals surface area contributed by atoms with Crippen molar-refractivity contribution in [3.05, 3.63) is 136 Å². The fourth-order valence-electron chi connectivity index (χ4n) is 4.32. The van der Waals surface area contributed by atoms with Gasteiger partial charge in [0.2, 0.25) is 5.78 Å². The average Bonchev–Trinajstić information content (AvgIpc) is 3.53. The number of nitrogens with zero attached hydrogens (tertiary/aromatic N) is 4. The van der Waals surface area contributed by atoms with Crippen LogP contribution < -0.4 is 5.49 Å². The molecule has 0 spiro atoms. The molecule has 3 aromatic heterocycles. The molecule has 0 aliphatic carbocycles. The molecule has 8 heteroatoms. The summed E-state index contributed by atoms with van der Waals surface area (Å²) in [4.78, 5) is 33.1. The first-order valence-electron chi connectivity index (χ1n) is 11.9. The van der Waals surface area contributed by atoms with Crippen molar-refractivity contribution in [2.24, 2.45) is 0 Å². The lowest BCUT2D eigenvalue weighted by Crippen LogP contribution is -2.30. The largest absolute Gasteiger partial charge is 0.294 e. The predicted molar refractivity (Wildman–Crippen MR) is 146 cm³/mol. The number of benzene rings is 3. The van der Waals surface area contributed by atoms with Crippen molar-refractivity contribution < 1.29 is 9.59 Å². The first-order valence-corrected chi connectivity index (χ1v) is 12.8. The lowest BCUT2D eigenvalue weighted by atomic mass is 10.0. The highest BCUT2D eigenvalue weighted by atomic mass is 32.1. The molecular formula is C30H21N5O2S. The maximum atomic E-state index is 13.8. The minimum Gasteiger partial charge on any atom is -0.294 e. The summed E-state index contributed by atoms with van der Waals surface area (Å²) in [6.45, 7) is 1.87. The molecule has 3 heterocycles. The van der Waals surface area contributed by atoms with Gasteiger partial charge in [-0.15, -0.1) is 0 Å². The van der Waals surface area contributed by atoms with E-state index in [2.05, 4.69) is 5.10 Å². The Kier molecular flexibility index (Phi) is 5.86. The lowest BCUT2D eigenvalue weighted by Gasteiger charge is -2.11. The molecule has 0 radical (unpaired) electrons. The van der Waals surface area contributed by atoms with Crippen LogP contribution >= 0.6 is 11.3 Å². The third kappa shape index (κ3) is 4.07. The topological polar surface area (TPSA) is 93.1 Å². The van der Waals surface area contributed by atoms with Crippen molar-refractivity contribution in [2.75, 3.05) is 0 Å². The van der Waals surface area contributed by atoms with Crippen molar-refractivity contribution in [3.63, 3.8) is 0 Å². The van der Waals surface area contributed by atoms with Gasteiger partial charge in [-0.2, -0.15) is 5.10 Å². The highest BCUT2D eigenvalue weighted by Gasteiger charge is 2.24. The van der Waals surface area contributed by atoms with Crippen LogP contribution in [0.1, 0.15) is 37.0 Å². The molecule has 3 aromatic carbocycles. The van der Waals surface area contributed by atoms with Gasteiger partial charge >= 0.3 is 0 Å². The van der Waals surface area contributed by atoms with E-state index in [1.54, 1.807) is 36.4 Å². The Labute approximate surface area is 221 Å². The molecule has 0 saturated carbocycles. The number of aromatic nitrogens is 4. The van der Waals surface area contributed by atoms with Gasteiger partial charge in [0.05, 0.1) is 21.8 Å². The van der Waals surface area contributed by atoms with Gasteiger partial charge in [0.15, 0.2) is 16.2 Å². The summed E-state index contributed by atoms with van der Waals surface area (Å²) in [6.07, 6.45) is 1.92. The predicted octanol–water partition coefficient (Wildman–Crippen LogP) is 5.50. The maximum Gasteiger partial charge on any atom is 0.225 e. The van der Waals surface area contributed by atoms with Crippen LogP contribution in [-0.2, 0) is 0 Å². The number of hydrogen-bond donors (Lipinski definition) is 1. The highest BCUT2D eigenvalue weighted by molar-refractivity contribution is 7.19. The number of carbonyl (C=O) groups is 2. The van der Waals surface area contributed by atoms with E-state index < -0.39 is 0 Å². The number of thiazole rings is 1. The third-order valence-corrected chi connectivity index (χ3v) is 7.46. The molecular weight excluding hydrogens is 494 g/mol. The van der Waals surface area contributed by atoms with Crippen molar-refractivity contribution >= 4 is 27.9 Å². The van der Waals surface area contributed by atoms with Gasteiger partial charge < -0.3 is 0 Å². The summed E-state index contributed by atoms with van der Waals surface area (Å²) in [5, 5.41) is 13.3. The van der Waals surface area contributed by atoms with Crippen LogP contribution in [0.2, 0.25) is 0 Å². The molecule has 0 bridgehead atoms. The van der Waals surface area contributed by atoms with E-state index in [4.69, 9.17) is 10.4 Å². The molecule has 1 N–H and O–H groups in total. The van der Waals surface area contributed by atoms with Crippen LogP contribution in [-0.4, -0.2) is 30.7 Å². The summed E-state index contributed by atoms with van der Waals surface area (Å²) in [5.74, 6) is -0.673. The molecule has 7 nitrogen and oxygen atoms in total. The first-order chi connectivity index (χ1) is 18.5. The number of imidazole rings is 1. The fourth-order valence-corrected chi connectivity index (χ4v) is 5.37. The average molecular weight is 516 g/mol. The van der Waals surface area contributed by atoms with E-state index in [0.717, 1.165) is 17.0 Å². The van der Waals surface area contributed by atoms with E-state index in [1.807, 2.05) is 72.1 Å². The Hall–Kier alpha value is -4.95. The van der Waals surface area contributed by atoms with Gasteiger partial charge in [0.1, 0.15) is 5.69 Å². The number of hydrogen-bond acceptors (Lipinski definition) is 6.